The quantitative estimate of drug-likeness (QED) is 0.872. The highest BCUT2D eigenvalue weighted by Gasteiger charge is 2.30. The van der Waals surface area contributed by atoms with Gasteiger partial charge in [0.15, 0.2) is 0 Å². The van der Waals surface area contributed by atoms with E-state index in [0.717, 1.165) is 17.0 Å². The van der Waals surface area contributed by atoms with Crippen LogP contribution in [-0.2, 0) is 28.9 Å². The third-order valence-electron chi connectivity index (χ3n) is 3.19. The average molecular weight is 341 g/mol. The smallest absolute Gasteiger partial charge is 0.416 e. The van der Waals surface area contributed by atoms with E-state index in [4.69, 9.17) is 5.11 Å². The molecule has 128 valence electrons. The molecule has 0 spiro atoms. The summed E-state index contributed by atoms with van der Waals surface area (Å²) in [6, 6.07) is 5.85. The largest absolute Gasteiger partial charge is 0.480 e. The van der Waals surface area contributed by atoms with E-state index in [9.17, 15) is 22.8 Å². The van der Waals surface area contributed by atoms with Crippen LogP contribution in [0.4, 0.5) is 13.2 Å². The molecule has 1 aromatic carbocycles. The summed E-state index contributed by atoms with van der Waals surface area (Å²) in [5.74, 6) is -1.71. The second-order valence-electron chi connectivity index (χ2n) is 5.04. The molecule has 1 aromatic heterocycles. The van der Waals surface area contributed by atoms with Gasteiger partial charge >= 0.3 is 12.1 Å². The maximum Gasteiger partial charge on any atom is 0.416 e. The van der Waals surface area contributed by atoms with E-state index in [2.05, 4.69) is 5.10 Å². The van der Waals surface area contributed by atoms with Gasteiger partial charge in [-0.05, 0) is 23.8 Å². The summed E-state index contributed by atoms with van der Waals surface area (Å²) in [6.07, 6.45) is -1.42. The van der Waals surface area contributed by atoms with Crippen LogP contribution in [0.1, 0.15) is 11.1 Å². The summed E-state index contributed by atoms with van der Waals surface area (Å²) < 4.78 is 39.0. The number of alkyl halides is 3. The van der Waals surface area contributed by atoms with Crippen LogP contribution in [0.15, 0.2) is 42.7 Å². The molecule has 6 nitrogen and oxygen atoms in total. The first-order valence-electron chi connectivity index (χ1n) is 6.89. The van der Waals surface area contributed by atoms with Crippen LogP contribution in [-0.4, -0.2) is 38.2 Å². The lowest BCUT2D eigenvalue weighted by Gasteiger charge is -2.21. The third-order valence-corrected chi connectivity index (χ3v) is 3.19. The Hall–Kier alpha value is -2.84. The second-order valence-corrected chi connectivity index (χ2v) is 5.04. The van der Waals surface area contributed by atoms with E-state index in [1.54, 1.807) is 12.3 Å². The van der Waals surface area contributed by atoms with Gasteiger partial charge < -0.3 is 10.0 Å². The fraction of sp³-hybridized carbons (Fsp3) is 0.267. The van der Waals surface area contributed by atoms with Crippen molar-refractivity contribution >= 4 is 11.9 Å². The number of hydrogen-bond donors (Lipinski definition) is 1. The normalized spacial score (nSPS) is 11.3. The Morgan fingerprint density at radius 1 is 1.21 bits per heavy atom. The molecule has 0 aliphatic rings. The molecule has 0 fully saturated rings. The molecule has 0 unspecified atom stereocenters. The van der Waals surface area contributed by atoms with Crippen LogP contribution >= 0.6 is 0 Å². The molecular formula is C15H14F3N3O3. The van der Waals surface area contributed by atoms with Crippen molar-refractivity contribution in [2.24, 2.45) is 0 Å². The Morgan fingerprint density at radius 3 is 2.38 bits per heavy atom. The zero-order valence-electron chi connectivity index (χ0n) is 12.4. The molecule has 1 N–H and O–H groups in total. The van der Waals surface area contributed by atoms with Crippen LogP contribution in [0.3, 0.4) is 0 Å². The SMILES string of the molecule is O=C(O)CN(Cc1ccc(C(F)(F)F)cc1)C(=O)Cn1cccn1. The number of amides is 1. The molecule has 24 heavy (non-hydrogen) atoms. The zero-order valence-corrected chi connectivity index (χ0v) is 12.4. The molecule has 2 rings (SSSR count). The minimum Gasteiger partial charge on any atom is -0.480 e. The molecule has 1 heterocycles. The molecular weight excluding hydrogens is 327 g/mol. The number of hydrogen-bond acceptors (Lipinski definition) is 3. The number of carbonyl (C=O) groups excluding carboxylic acids is 1. The predicted molar refractivity (Wildman–Crippen MR) is 76.7 cm³/mol. The molecule has 0 saturated carbocycles. The van der Waals surface area contributed by atoms with Crippen molar-refractivity contribution < 1.29 is 27.9 Å². The van der Waals surface area contributed by atoms with Gasteiger partial charge in [-0.25, -0.2) is 0 Å². The Balaban J connectivity index is 2.10. The van der Waals surface area contributed by atoms with Crippen LogP contribution in [0, 0.1) is 0 Å². The summed E-state index contributed by atoms with van der Waals surface area (Å²) in [7, 11) is 0. The van der Waals surface area contributed by atoms with Gasteiger partial charge in [0.05, 0.1) is 5.56 Å². The molecule has 9 heteroatoms. The van der Waals surface area contributed by atoms with Crippen LogP contribution in [0.2, 0.25) is 0 Å². The lowest BCUT2D eigenvalue weighted by molar-refractivity contribution is -0.145. The fourth-order valence-corrected chi connectivity index (χ4v) is 2.05. The Labute approximate surface area is 135 Å². The van der Waals surface area contributed by atoms with E-state index >= 15 is 0 Å². The molecule has 1 amide bonds. The van der Waals surface area contributed by atoms with Crippen molar-refractivity contribution in [1.29, 1.82) is 0 Å². The molecule has 0 aliphatic carbocycles. The van der Waals surface area contributed by atoms with Crippen molar-refractivity contribution in [2.75, 3.05) is 6.54 Å². The van der Waals surface area contributed by atoms with Crippen molar-refractivity contribution in [3.8, 4) is 0 Å². The number of carbonyl (C=O) groups is 2. The Morgan fingerprint density at radius 2 is 1.88 bits per heavy atom. The first kappa shape index (κ1) is 17.5. The highest BCUT2D eigenvalue weighted by Crippen LogP contribution is 2.29. The van der Waals surface area contributed by atoms with Crippen LogP contribution in [0.5, 0.6) is 0 Å². The summed E-state index contributed by atoms with van der Waals surface area (Å²) in [5, 5.41) is 12.8. The van der Waals surface area contributed by atoms with E-state index in [1.165, 1.54) is 23.0 Å². The van der Waals surface area contributed by atoms with Gasteiger partial charge in [0.2, 0.25) is 5.91 Å². The molecule has 0 bridgehead atoms. The maximum atomic E-state index is 12.5. The highest BCUT2D eigenvalue weighted by atomic mass is 19.4. The number of benzene rings is 1. The highest BCUT2D eigenvalue weighted by molar-refractivity contribution is 5.81. The number of rotatable bonds is 6. The van der Waals surface area contributed by atoms with E-state index in [1.807, 2.05) is 0 Å². The molecule has 0 atom stereocenters. The number of carboxylic acid groups (broad SMARTS) is 1. The molecule has 0 aliphatic heterocycles. The first-order chi connectivity index (χ1) is 11.3. The monoisotopic (exact) mass is 341 g/mol. The number of aliphatic carboxylic acids is 1. The number of nitrogens with zero attached hydrogens (tertiary/aromatic N) is 3. The second kappa shape index (κ2) is 7.16. The summed E-state index contributed by atoms with van der Waals surface area (Å²) in [4.78, 5) is 24.2. The van der Waals surface area contributed by atoms with Gasteiger partial charge in [-0.15, -0.1) is 0 Å². The van der Waals surface area contributed by atoms with E-state index in [0.29, 0.717) is 5.56 Å². The predicted octanol–water partition coefficient (Wildman–Crippen LogP) is 2.02. The van der Waals surface area contributed by atoms with Gasteiger partial charge in [-0.1, -0.05) is 12.1 Å². The van der Waals surface area contributed by atoms with Crippen molar-refractivity contribution in [1.82, 2.24) is 14.7 Å². The Kier molecular flexibility index (Phi) is 5.22. The summed E-state index contributed by atoms with van der Waals surface area (Å²) in [5.41, 5.74) is -0.406. The molecule has 0 saturated heterocycles. The van der Waals surface area contributed by atoms with Crippen LogP contribution < -0.4 is 0 Å². The maximum absolute atomic E-state index is 12.5. The Bertz CT molecular complexity index is 697. The molecule has 2 aromatic rings. The topological polar surface area (TPSA) is 75.4 Å². The summed E-state index contributed by atoms with van der Waals surface area (Å²) in [6.45, 7) is -0.813. The lowest BCUT2D eigenvalue weighted by Crippen LogP contribution is -2.37. The van der Waals surface area contributed by atoms with Gasteiger partial charge in [0.1, 0.15) is 13.1 Å². The van der Waals surface area contributed by atoms with Crippen molar-refractivity contribution in [2.45, 2.75) is 19.3 Å². The van der Waals surface area contributed by atoms with E-state index in [-0.39, 0.29) is 13.1 Å². The number of aromatic nitrogens is 2. The lowest BCUT2D eigenvalue weighted by atomic mass is 10.1. The van der Waals surface area contributed by atoms with Crippen molar-refractivity contribution in [3.63, 3.8) is 0 Å². The summed E-state index contributed by atoms with van der Waals surface area (Å²) >= 11 is 0. The van der Waals surface area contributed by atoms with Gasteiger partial charge in [0.25, 0.3) is 0 Å². The number of carboxylic acids is 1. The fourth-order valence-electron chi connectivity index (χ4n) is 2.05. The van der Waals surface area contributed by atoms with Crippen LogP contribution in [0.25, 0.3) is 0 Å². The number of halogens is 3. The minimum absolute atomic E-state index is 0.107. The zero-order chi connectivity index (χ0) is 17.7. The average Bonchev–Trinajstić information content (AvgIpc) is 2.98. The standard InChI is InChI=1S/C15H14F3N3O3/c16-15(17,18)12-4-2-11(3-5-12)8-20(10-14(23)24)13(22)9-21-7-1-6-19-21/h1-7H,8-10H2,(H,23,24). The van der Waals surface area contributed by atoms with E-state index < -0.39 is 30.2 Å². The first-order valence-corrected chi connectivity index (χ1v) is 6.89. The third kappa shape index (κ3) is 4.83. The van der Waals surface area contributed by atoms with Gasteiger partial charge in [-0.3, -0.25) is 14.3 Å². The van der Waals surface area contributed by atoms with Gasteiger partial charge in [0, 0.05) is 18.9 Å². The van der Waals surface area contributed by atoms with Gasteiger partial charge in [-0.2, -0.15) is 18.3 Å². The van der Waals surface area contributed by atoms with Crippen molar-refractivity contribution in [3.05, 3.63) is 53.9 Å². The molecule has 0 radical (unpaired) electrons. The minimum atomic E-state index is -4.45.